The number of halogens is 1. The van der Waals surface area contributed by atoms with Crippen LogP contribution in [0.15, 0.2) is 17.3 Å². The Kier molecular flexibility index (Phi) is 4.19. The quantitative estimate of drug-likeness (QED) is 0.321. The number of rotatable bonds is 4. The zero-order valence-electron chi connectivity index (χ0n) is 7.70. The summed E-state index contributed by atoms with van der Waals surface area (Å²) in [7, 11) is 0. The second kappa shape index (κ2) is 5.19. The van der Waals surface area contributed by atoms with Gasteiger partial charge < -0.3 is 16.3 Å². The molecule has 0 saturated heterocycles. The minimum Gasteiger partial charge on any atom is -0.409 e. The van der Waals surface area contributed by atoms with Crippen LogP contribution in [-0.2, 0) is 0 Å². The normalized spacial score (nSPS) is 14.3. The van der Waals surface area contributed by atoms with Crippen LogP contribution in [0, 0.1) is 0 Å². The van der Waals surface area contributed by atoms with Crippen LogP contribution in [0.1, 0.15) is 17.8 Å². The Morgan fingerprint density at radius 1 is 1.79 bits per heavy atom. The Bertz CT molecular complexity index is 326. The molecule has 0 fully saturated rings. The Morgan fingerprint density at radius 3 is 3.00 bits per heavy atom. The number of nitrogens with zero attached hydrogens (tertiary/aromatic N) is 1. The molecule has 0 amide bonds. The maximum atomic E-state index is 8.33. The van der Waals surface area contributed by atoms with E-state index in [1.807, 2.05) is 19.1 Å². The first-order chi connectivity index (χ1) is 6.63. The lowest BCUT2D eigenvalue weighted by atomic mass is 10.3. The monoisotopic (exact) mass is 233 g/mol. The molecule has 4 N–H and O–H groups in total. The molecule has 0 radical (unpaired) electrons. The predicted octanol–water partition coefficient (Wildman–Crippen LogP) is 1.80. The highest BCUT2D eigenvalue weighted by Crippen LogP contribution is 2.26. The number of nitrogens with two attached hydrogens (primary N) is 1. The number of oxime groups is 1. The molecule has 4 nitrogen and oxygen atoms in total. The van der Waals surface area contributed by atoms with Crippen LogP contribution < -0.4 is 11.1 Å². The van der Waals surface area contributed by atoms with Crippen LogP contribution in [0.3, 0.4) is 0 Å². The first kappa shape index (κ1) is 11.3. The Morgan fingerprint density at radius 2 is 2.50 bits per heavy atom. The van der Waals surface area contributed by atoms with Gasteiger partial charge in [-0.1, -0.05) is 16.8 Å². The van der Waals surface area contributed by atoms with E-state index >= 15 is 0 Å². The van der Waals surface area contributed by atoms with Crippen LogP contribution >= 0.6 is 22.9 Å². The summed E-state index contributed by atoms with van der Waals surface area (Å²) in [6, 6.07) is 3.95. The van der Waals surface area contributed by atoms with Crippen LogP contribution in [0.25, 0.3) is 0 Å². The second-order valence-electron chi connectivity index (χ2n) is 2.84. The number of amidine groups is 1. The van der Waals surface area contributed by atoms with Crippen molar-refractivity contribution in [3.63, 3.8) is 0 Å². The number of nitrogens with one attached hydrogen (secondary N) is 1. The van der Waals surface area contributed by atoms with Crippen molar-refractivity contribution in [2.75, 3.05) is 6.54 Å². The van der Waals surface area contributed by atoms with Crippen LogP contribution in [-0.4, -0.2) is 17.6 Å². The Labute approximate surface area is 91.4 Å². The van der Waals surface area contributed by atoms with Crippen molar-refractivity contribution in [1.82, 2.24) is 5.32 Å². The van der Waals surface area contributed by atoms with Crippen molar-refractivity contribution >= 4 is 28.8 Å². The van der Waals surface area contributed by atoms with Crippen LogP contribution in [0.2, 0.25) is 4.34 Å². The van der Waals surface area contributed by atoms with Gasteiger partial charge in [0, 0.05) is 10.9 Å². The fourth-order valence-corrected chi connectivity index (χ4v) is 2.04. The lowest BCUT2D eigenvalue weighted by Crippen LogP contribution is -2.30. The van der Waals surface area contributed by atoms with E-state index in [1.54, 1.807) is 0 Å². The number of hydrogen-bond acceptors (Lipinski definition) is 4. The number of hydrogen-bond donors (Lipinski definition) is 3. The van der Waals surface area contributed by atoms with E-state index in [9.17, 15) is 0 Å². The van der Waals surface area contributed by atoms with E-state index in [-0.39, 0.29) is 11.9 Å². The summed E-state index contributed by atoms with van der Waals surface area (Å²) in [6.07, 6.45) is 0. The van der Waals surface area contributed by atoms with E-state index in [0.29, 0.717) is 6.54 Å². The molecule has 0 aliphatic rings. The topological polar surface area (TPSA) is 70.6 Å². The first-order valence-corrected chi connectivity index (χ1v) is 5.28. The van der Waals surface area contributed by atoms with Crippen molar-refractivity contribution < 1.29 is 5.21 Å². The standard InChI is InChI=1S/C8H12ClN3OS/c1-5(11-4-8(10)12-13)6-2-3-7(9)14-6/h2-3,5,11,13H,4H2,1H3,(H2,10,12). The van der Waals surface area contributed by atoms with Gasteiger partial charge in [-0.15, -0.1) is 11.3 Å². The lowest BCUT2D eigenvalue weighted by molar-refractivity contribution is 0.316. The summed E-state index contributed by atoms with van der Waals surface area (Å²) in [5.41, 5.74) is 5.32. The fraction of sp³-hybridized carbons (Fsp3) is 0.375. The van der Waals surface area contributed by atoms with Gasteiger partial charge in [-0.25, -0.2) is 0 Å². The molecule has 1 unspecified atom stereocenters. The van der Waals surface area contributed by atoms with Gasteiger partial charge in [0.05, 0.1) is 10.9 Å². The van der Waals surface area contributed by atoms with Crippen LogP contribution in [0.5, 0.6) is 0 Å². The fourth-order valence-electron chi connectivity index (χ4n) is 0.955. The molecule has 1 heterocycles. The summed E-state index contributed by atoms with van der Waals surface area (Å²) in [5, 5.41) is 14.3. The third-order valence-corrected chi connectivity index (χ3v) is 3.15. The largest absolute Gasteiger partial charge is 0.409 e. The Hall–Kier alpha value is -0.780. The smallest absolute Gasteiger partial charge is 0.153 e. The molecule has 0 aliphatic carbocycles. The van der Waals surface area contributed by atoms with Crippen LogP contribution in [0.4, 0.5) is 0 Å². The SMILES string of the molecule is CC(NCC(N)=NO)c1ccc(Cl)s1. The molecule has 14 heavy (non-hydrogen) atoms. The summed E-state index contributed by atoms with van der Waals surface area (Å²) in [5.74, 6) is 0.166. The second-order valence-corrected chi connectivity index (χ2v) is 4.58. The molecule has 1 atom stereocenters. The van der Waals surface area contributed by atoms with Crippen molar-refractivity contribution in [1.29, 1.82) is 0 Å². The average molecular weight is 234 g/mol. The van der Waals surface area contributed by atoms with E-state index in [1.165, 1.54) is 11.3 Å². The lowest BCUT2D eigenvalue weighted by Gasteiger charge is -2.10. The molecule has 6 heteroatoms. The van der Waals surface area contributed by atoms with E-state index < -0.39 is 0 Å². The van der Waals surface area contributed by atoms with Gasteiger partial charge in [0.25, 0.3) is 0 Å². The molecule has 1 rings (SSSR count). The minimum absolute atomic E-state index is 0.146. The van der Waals surface area contributed by atoms with Crippen molar-refractivity contribution in [3.05, 3.63) is 21.3 Å². The van der Waals surface area contributed by atoms with Crippen molar-refractivity contribution in [2.45, 2.75) is 13.0 Å². The minimum atomic E-state index is 0.146. The van der Waals surface area contributed by atoms with Gasteiger partial charge in [0.2, 0.25) is 0 Å². The third kappa shape index (κ3) is 3.17. The molecule has 1 aromatic rings. The van der Waals surface area contributed by atoms with Crippen molar-refractivity contribution in [3.8, 4) is 0 Å². The molecule has 78 valence electrons. The first-order valence-electron chi connectivity index (χ1n) is 4.08. The maximum absolute atomic E-state index is 8.33. The zero-order chi connectivity index (χ0) is 10.6. The third-order valence-electron chi connectivity index (χ3n) is 1.74. The Balaban J connectivity index is 2.47. The van der Waals surface area contributed by atoms with E-state index in [0.717, 1.165) is 9.21 Å². The van der Waals surface area contributed by atoms with Gasteiger partial charge in [-0.3, -0.25) is 0 Å². The summed E-state index contributed by atoms with van der Waals surface area (Å²) >= 11 is 7.31. The number of thiophene rings is 1. The zero-order valence-corrected chi connectivity index (χ0v) is 9.27. The highest BCUT2D eigenvalue weighted by molar-refractivity contribution is 7.16. The molecular formula is C8H12ClN3OS. The summed E-state index contributed by atoms with van der Waals surface area (Å²) < 4.78 is 0.762. The van der Waals surface area contributed by atoms with Gasteiger partial charge in [-0.2, -0.15) is 0 Å². The highest BCUT2D eigenvalue weighted by atomic mass is 35.5. The average Bonchev–Trinajstić information content (AvgIpc) is 2.60. The molecular weight excluding hydrogens is 222 g/mol. The molecule has 0 spiro atoms. The van der Waals surface area contributed by atoms with Gasteiger partial charge in [-0.05, 0) is 19.1 Å². The van der Waals surface area contributed by atoms with Gasteiger partial charge in [0.15, 0.2) is 5.84 Å². The molecule has 0 saturated carbocycles. The molecule has 1 aromatic heterocycles. The van der Waals surface area contributed by atoms with E-state index in [4.69, 9.17) is 22.5 Å². The summed E-state index contributed by atoms with van der Waals surface area (Å²) in [6.45, 7) is 2.35. The predicted molar refractivity (Wildman–Crippen MR) is 59.2 cm³/mol. The van der Waals surface area contributed by atoms with Gasteiger partial charge in [0.1, 0.15) is 0 Å². The van der Waals surface area contributed by atoms with E-state index in [2.05, 4.69) is 10.5 Å². The maximum Gasteiger partial charge on any atom is 0.153 e. The molecule has 0 aromatic carbocycles. The summed E-state index contributed by atoms with van der Waals surface area (Å²) in [4.78, 5) is 1.13. The van der Waals surface area contributed by atoms with Crippen molar-refractivity contribution in [2.24, 2.45) is 10.9 Å². The molecule has 0 aliphatic heterocycles. The highest BCUT2D eigenvalue weighted by Gasteiger charge is 2.07. The molecule has 0 bridgehead atoms. The van der Waals surface area contributed by atoms with Gasteiger partial charge >= 0.3 is 0 Å².